The van der Waals surface area contributed by atoms with E-state index in [-0.39, 0.29) is 18.7 Å². The van der Waals surface area contributed by atoms with Gasteiger partial charge in [-0.1, -0.05) is 0 Å². The van der Waals surface area contributed by atoms with Crippen LogP contribution in [0.15, 0.2) is 0 Å². The normalized spacial score (nSPS) is 25.9. The number of amides is 1. The maximum atomic E-state index is 10.5. The number of rotatable bonds is 1. The van der Waals surface area contributed by atoms with Gasteiger partial charge in [0.2, 0.25) is 0 Å². The molecule has 1 aliphatic heterocycles. The van der Waals surface area contributed by atoms with E-state index in [1.807, 2.05) is 0 Å². The third-order valence-electron chi connectivity index (χ3n) is 1.10. The summed E-state index contributed by atoms with van der Waals surface area (Å²) in [6.07, 6.45) is 0.391. The Labute approximate surface area is 68.3 Å². The molecule has 0 aromatic carbocycles. The Hall–Kier alpha value is -0.138. The Morgan fingerprint density at radius 2 is 2.56 bits per heavy atom. The van der Waals surface area contributed by atoms with E-state index in [4.69, 9.17) is 0 Å². The summed E-state index contributed by atoms with van der Waals surface area (Å²) < 4.78 is 6.00. The van der Waals surface area contributed by atoms with Crippen molar-refractivity contribution in [2.45, 2.75) is 6.04 Å². The number of carbonyl (C=O) groups is 2. The van der Waals surface area contributed by atoms with Crippen LogP contribution in [0.2, 0.25) is 0 Å². The first-order valence-electron chi connectivity index (χ1n) is 2.41. The molecule has 0 spiro atoms. The average molecular weight is 318 g/mol. The van der Waals surface area contributed by atoms with Crippen molar-refractivity contribution in [3.8, 4) is 0 Å². The van der Waals surface area contributed by atoms with Gasteiger partial charge in [0.1, 0.15) is 0 Å². The van der Waals surface area contributed by atoms with Crippen LogP contribution in [0, 0.1) is 0 Å². The second kappa shape index (κ2) is 2.63. The van der Waals surface area contributed by atoms with Gasteiger partial charge in [-0.2, -0.15) is 0 Å². The molecule has 5 heteroatoms. The van der Waals surface area contributed by atoms with Crippen LogP contribution < -0.4 is 0 Å². The molecule has 1 atom stereocenters. The minimum absolute atomic E-state index is 0.235. The third-order valence-corrected chi connectivity index (χ3v) is 3.41. The number of ether oxygens (including phenoxy) is 1. The Morgan fingerprint density at radius 1 is 1.89 bits per heavy atom. The second-order valence-corrected chi connectivity index (χ2v) is 3.85. The van der Waals surface area contributed by atoms with Gasteiger partial charge in [0.05, 0.1) is 0 Å². The van der Waals surface area contributed by atoms with Gasteiger partial charge in [-0.05, 0) is 0 Å². The first kappa shape index (κ1) is 6.97. The summed E-state index contributed by atoms with van der Waals surface area (Å²) in [4.78, 5) is 20.6. The minimum atomic E-state index is -0.350. The van der Waals surface area contributed by atoms with Crippen molar-refractivity contribution in [2.24, 2.45) is 0 Å². The molecule has 1 saturated heterocycles. The van der Waals surface area contributed by atoms with Crippen LogP contribution in [-0.2, 0) is 9.53 Å². The predicted molar refractivity (Wildman–Crippen MR) is 28.8 cm³/mol. The van der Waals surface area contributed by atoms with Crippen LogP contribution in [0.5, 0.6) is 0 Å². The van der Waals surface area contributed by atoms with Crippen molar-refractivity contribution < 1.29 is 14.3 Å². The van der Waals surface area contributed by atoms with E-state index in [1.165, 1.54) is 2.71 Å². The molecule has 0 aliphatic carbocycles. The molecule has 0 aromatic heterocycles. The Bertz CT molecular complexity index is 149. The van der Waals surface area contributed by atoms with Crippen molar-refractivity contribution in [1.82, 2.24) is 2.71 Å². The number of cyclic esters (lactones) is 1. The van der Waals surface area contributed by atoms with Gasteiger partial charge in [-0.15, -0.1) is 0 Å². The summed E-state index contributed by atoms with van der Waals surface area (Å²) >= 11 is 0.361. The first-order chi connectivity index (χ1) is 4.25. The van der Waals surface area contributed by atoms with Gasteiger partial charge >= 0.3 is 68.1 Å². The fourth-order valence-corrected chi connectivity index (χ4v) is 1.45. The fourth-order valence-electron chi connectivity index (χ4n) is 0.552. The zero-order valence-corrected chi connectivity index (χ0v) is 9.10. The molecule has 0 radical (unpaired) electrons. The molecule has 9 heavy (non-hydrogen) atoms. The van der Waals surface area contributed by atoms with Crippen LogP contribution in [0.4, 0.5) is 4.79 Å². The molecule has 1 aliphatic rings. The zero-order chi connectivity index (χ0) is 6.85. The molecule has 4 nitrogen and oxygen atoms in total. The van der Waals surface area contributed by atoms with E-state index < -0.39 is 0 Å². The van der Waals surface area contributed by atoms with E-state index in [2.05, 4.69) is 4.74 Å². The maximum absolute atomic E-state index is 10.5. The third kappa shape index (κ3) is 1.22. The number of hydrogen-bond acceptors (Lipinski definition) is 3. The number of carbonyl (C=O) groups excluding carboxylic acids is 2. The molecular weight excluding hydrogens is 314 g/mol. The predicted octanol–water partition coefficient (Wildman–Crippen LogP) is -0.910. The molecule has 46 valence electrons. The summed E-state index contributed by atoms with van der Waals surface area (Å²) in [5.41, 5.74) is 0. The monoisotopic (exact) mass is 319 g/mol. The summed E-state index contributed by atoms with van der Waals surface area (Å²) in [5, 5.41) is 0. The van der Waals surface area contributed by atoms with Gasteiger partial charge in [0.15, 0.2) is 0 Å². The van der Waals surface area contributed by atoms with Gasteiger partial charge in [0, 0.05) is 0 Å². The van der Waals surface area contributed by atoms with Crippen LogP contribution in [0.25, 0.3) is 0 Å². The van der Waals surface area contributed by atoms with Crippen molar-refractivity contribution in [1.29, 1.82) is 0 Å². The average Bonchev–Trinajstić information content (AvgIpc) is 2.15. The molecule has 1 amide bonds. The van der Waals surface area contributed by atoms with Gasteiger partial charge in [-0.3, -0.25) is 0 Å². The summed E-state index contributed by atoms with van der Waals surface area (Å²) in [6.45, 7) is 0.235. The Kier molecular flexibility index (Phi) is 2.04. The molecule has 0 unspecified atom stereocenters. The van der Waals surface area contributed by atoms with Gasteiger partial charge < -0.3 is 0 Å². The molecular formula is C4H4NO3Tl. The molecule has 1 fully saturated rings. The molecule has 0 bridgehead atoms. The van der Waals surface area contributed by atoms with E-state index in [1.54, 1.807) is 0 Å². The van der Waals surface area contributed by atoms with Gasteiger partial charge in [0.25, 0.3) is 0 Å². The van der Waals surface area contributed by atoms with Gasteiger partial charge in [-0.25, -0.2) is 0 Å². The second-order valence-electron chi connectivity index (χ2n) is 1.69. The first-order valence-corrected chi connectivity index (χ1v) is 4.42. The molecule has 0 N–H and O–H groups in total. The number of hydrogen-bond donors (Lipinski definition) is 0. The molecule has 1 rings (SSSR count). The Morgan fingerprint density at radius 3 is 2.78 bits per heavy atom. The number of aldehydes is 1. The summed E-state index contributed by atoms with van der Waals surface area (Å²) in [7, 11) is 0. The summed E-state index contributed by atoms with van der Waals surface area (Å²) in [6, 6.07) is -0.303. The topological polar surface area (TPSA) is 46.6 Å². The van der Waals surface area contributed by atoms with Crippen LogP contribution >= 0.6 is 0 Å². The van der Waals surface area contributed by atoms with E-state index in [9.17, 15) is 9.59 Å². The van der Waals surface area contributed by atoms with Crippen molar-refractivity contribution in [2.75, 3.05) is 6.61 Å². The van der Waals surface area contributed by atoms with Crippen molar-refractivity contribution in [3.63, 3.8) is 0 Å². The zero-order valence-electron chi connectivity index (χ0n) is 4.61. The standard InChI is InChI=1S/C4H5NO3.Tl/c6-1-3-2-8-4(7)5-3;/h1,3H,2H2,(H,5,7);/q;+1/p-1/t3-;/m1./s1. The molecule has 0 saturated carbocycles. The number of nitrogens with zero attached hydrogens (tertiary/aromatic N) is 1. The van der Waals surface area contributed by atoms with E-state index >= 15 is 0 Å². The summed E-state index contributed by atoms with van der Waals surface area (Å²) in [5.74, 6) is 0. The Balaban J connectivity index is 2.61. The quantitative estimate of drug-likeness (QED) is 0.464. The van der Waals surface area contributed by atoms with Crippen molar-refractivity contribution in [3.05, 3.63) is 0 Å². The van der Waals surface area contributed by atoms with Crippen LogP contribution in [0.1, 0.15) is 0 Å². The van der Waals surface area contributed by atoms with Crippen LogP contribution in [0.3, 0.4) is 0 Å². The SMILES string of the molecule is O=C[C@@H]1COC(=O)[N]1[Tl]. The fraction of sp³-hybridized carbons (Fsp3) is 0.500. The van der Waals surface area contributed by atoms with Crippen molar-refractivity contribution >= 4 is 38.4 Å². The van der Waals surface area contributed by atoms with E-state index in [0.29, 0.717) is 26.1 Å². The van der Waals surface area contributed by atoms with E-state index in [0.717, 1.165) is 6.29 Å². The molecule has 1 heterocycles. The van der Waals surface area contributed by atoms with Crippen LogP contribution in [-0.4, -0.2) is 53.8 Å². The molecule has 0 aromatic rings.